The van der Waals surface area contributed by atoms with Gasteiger partial charge in [0, 0.05) is 44.5 Å². The smallest absolute Gasteiger partial charge is 0.224 e. The van der Waals surface area contributed by atoms with Crippen LogP contribution in [-0.2, 0) is 22.6 Å². The summed E-state index contributed by atoms with van der Waals surface area (Å²) in [4.78, 5) is 17.0. The third-order valence-electron chi connectivity index (χ3n) is 5.31. The zero-order chi connectivity index (χ0) is 18.6. The summed E-state index contributed by atoms with van der Waals surface area (Å²) in [7, 11) is 1.70. The summed E-state index contributed by atoms with van der Waals surface area (Å²) in [6, 6.07) is 10.2. The molecule has 1 atom stereocenters. The van der Waals surface area contributed by atoms with Gasteiger partial charge in [0.2, 0.25) is 5.91 Å². The maximum Gasteiger partial charge on any atom is 0.224 e. The van der Waals surface area contributed by atoms with Crippen molar-refractivity contribution in [2.24, 2.45) is 0 Å². The molecule has 3 heterocycles. The number of carbonyl (C=O) groups excluding carboxylic acids is 1. The molecule has 1 aromatic carbocycles. The summed E-state index contributed by atoms with van der Waals surface area (Å²) in [5, 5.41) is 4.48. The van der Waals surface area contributed by atoms with Gasteiger partial charge in [0.25, 0.3) is 0 Å². The van der Waals surface area contributed by atoms with Crippen LogP contribution in [0.1, 0.15) is 23.7 Å². The molecule has 7 nitrogen and oxygen atoms in total. The number of benzene rings is 1. The second-order valence-electron chi connectivity index (χ2n) is 7.10. The topological polar surface area (TPSA) is 59.8 Å². The Morgan fingerprint density at radius 2 is 2.07 bits per heavy atom. The molecule has 144 valence electrons. The molecular formula is C20H26N4O3. The Labute approximate surface area is 159 Å². The van der Waals surface area contributed by atoms with E-state index in [2.05, 4.69) is 16.1 Å². The van der Waals surface area contributed by atoms with Gasteiger partial charge in [-0.2, -0.15) is 5.10 Å². The third-order valence-corrected chi connectivity index (χ3v) is 5.31. The van der Waals surface area contributed by atoms with E-state index in [1.807, 2.05) is 40.0 Å². The lowest BCUT2D eigenvalue weighted by Crippen LogP contribution is -2.44. The van der Waals surface area contributed by atoms with Crippen LogP contribution < -0.4 is 4.74 Å². The molecule has 4 rings (SSSR count). The number of fused-ring (bicyclic) bond motifs is 1. The molecule has 1 amide bonds. The zero-order valence-electron chi connectivity index (χ0n) is 15.7. The van der Waals surface area contributed by atoms with Crippen molar-refractivity contribution < 1.29 is 14.3 Å². The molecule has 0 saturated carbocycles. The highest BCUT2D eigenvalue weighted by molar-refractivity contribution is 5.76. The normalized spacial score (nSPS) is 20.3. The maximum absolute atomic E-state index is 12.8. The molecule has 0 spiro atoms. The van der Waals surface area contributed by atoms with Crippen LogP contribution in [0.3, 0.4) is 0 Å². The number of amides is 1. The molecule has 2 aliphatic rings. The van der Waals surface area contributed by atoms with Gasteiger partial charge < -0.3 is 14.4 Å². The van der Waals surface area contributed by atoms with Gasteiger partial charge in [-0.15, -0.1) is 0 Å². The van der Waals surface area contributed by atoms with Crippen LogP contribution in [-0.4, -0.2) is 65.4 Å². The summed E-state index contributed by atoms with van der Waals surface area (Å²) in [5.41, 5.74) is 2.31. The van der Waals surface area contributed by atoms with Crippen LogP contribution in [0.4, 0.5) is 0 Å². The molecule has 1 aromatic heterocycles. The van der Waals surface area contributed by atoms with E-state index < -0.39 is 0 Å². The molecule has 0 N–H and O–H groups in total. The molecular weight excluding hydrogens is 344 g/mol. The number of rotatable bonds is 5. The standard InChI is InChI=1S/C20H26N4O3/c1-26-19-5-3-2-4-16(19)13-22-14-17-6-7-21-24(17)18(15-22)12-20(25)23-8-10-27-11-9-23/h2-7,18H,8-15H2,1H3/t18-/m1/s1. The minimum atomic E-state index is 0.0498. The largest absolute Gasteiger partial charge is 0.496 e. The quantitative estimate of drug-likeness (QED) is 0.802. The number of methoxy groups -OCH3 is 1. The fourth-order valence-corrected chi connectivity index (χ4v) is 3.95. The Morgan fingerprint density at radius 3 is 2.89 bits per heavy atom. The van der Waals surface area contributed by atoms with Crippen molar-refractivity contribution in [1.29, 1.82) is 0 Å². The SMILES string of the molecule is COc1ccccc1CN1Cc2ccnn2[C@H](CC(=O)N2CCOCC2)C1. The molecule has 0 radical (unpaired) electrons. The van der Waals surface area contributed by atoms with E-state index in [-0.39, 0.29) is 11.9 Å². The van der Waals surface area contributed by atoms with Gasteiger partial charge in [0.05, 0.1) is 38.5 Å². The highest BCUT2D eigenvalue weighted by Crippen LogP contribution is 2.27. The summed E-state index contributed by atoms with van der Waals surface area (Å²) in [6.45, 7) is 5.03. The van der Waals surface area contributed by atoms with Gasteiger partial charge in [0.15, 0.2) is 0 Å². The summed E-state index contributed by atoms with van der Waals surface area (Å²) in [6.07, 6.45) is 2.30. The molecule has 1 fully saturated rings. The fourth-order valence-electron chi connectivity index (χ4n) is 3.95. The lowest BCUT2D eigenvalue weighted by molar-refractivity contribution is -0.136. The minimum Gasteiger partial charge on any atom is -0.496 e. The van der Waals surface area contributed by atoms with Gasteiger partial charge in [-0.1, -0.05) is 18.2 Å². The molecule has 2 aliphatic heterocycles. The van der Waals surface area contributed by atoms with Crippen molar-refractivity contribution in [3.63, 3.8) is 0 Å². The number of para-hydroxylation sites is 1. The van der Waals surface area contributed by atoms with Crippen molar-refractivity contribution in [3.8, 4) is 5.75 Å². The average Bonchev–Trinajstić information content (AvgIpc) is 3.18. The van der Waals surface area contributed by atoms with Crippen LogP contribution in [0.15, 0.2) is 36.5 Å². The average molecular weight is 370 g/mol. The van der Waals surface area contributed by atoms with Crippen molar-refractivity contribution in [2.45, 2.75) is 25.6 Å². The highest BCUT2D eigenvalue weighted by Gasteiger charge is 2.29. The number of morpholine rings is 1. The minimum absolute atomic E-state index is 0.0498. The Hall–Kier alpha value is -2.38. The third kappa shape index (κ3) is 3.99. The molecule has 0 unspecified atom stereocenters. The van der Waals surface area contributed by atoms with Gasteiger partial charge >= 0.3 is 0 Å². The van der Waals surface area contributed by atoms with Crippen molar-refractivity contribution in [3.05, 3.63) is 47.8 Å². The first-order chi connectivity index (χ1) is 13.2. The van der Waals surface area contributed by atoms with Crippen molar-refractivity contribution in [2.75, 3.05) is 40.0 Å². The fraction of sp³-hybridized carbons (Fsp3) is 0.500. The van der Waals surface area contributed by atoms with Gasteiger partial charge in [-0.25, -0.2) is 0 Å². The van der Waals surface area contributed by atoms with Gasteiger partial charge in [-0.3, -0.25) is 14.4 Å². The Bertz CT molecular complexity index is 785. The molecule has 0 bridgehead atoms. The Morgan fingerprint density at radius 1 is 1.26 bits per heavy atom. The molecule has 1 saturated heterocycles. The molecule has 2 aromatic rings. The summed E-state index contributed by atoms with van der Waals surface area (Å²) >= 11 is 0. The molecule has 0 aliphatic carbocycles. The van der Waals surface area contributed by atoms with Crippen LogP contribution in [0.2, 0.25) is 0 Å². The molecule has 7 heteroatoms. The van der Waals surface area contributed by atoms with Crippen molar-refractivity contribution >= 4 is 5.91 Å². The first kappa shape index (κ1) is 18.0. The lowest BCUT2D eigenvalue weighted by atomic mass is 10.1. The zero-order valence-corrected chi connectivity index (χ0v) is 15.7. The number of carbonyl (C=O) groups is 1. The van der Waals surface area contributed by atoms with E-state index in [9.17, 15) is 4.79 Å². The van der Waals surface area contributed by atoms with E-state index in [0.29, 0.717) is 32.7 Å². The number of hydrogen-bond acceptors (Lipinski definition) is 5. The van der Waals surface area contributed by atoms with Crippen LogP contribution >= 0.6 is 0 Å². The van der Waals surface area contributed by atoms with Crippen LogP contribution in [0.5, 0.6) is 5.75 Å². The van der Waals surface area contributed by atoms with E-state index in [4.69, 9.17) is 9.47 Å². The second-order valence-corrected chi connectivity index (χ2v) is 7.10. The first-order valence-electron chi connectivity index (χ1n) is 9.47. The Balaban J connectivity index is 1.48. The van der Waals surface area contributed by atoms with Gasteiger partial charge in [0.1, 0.15) is 5.75 Å². The first-order valence-corrected chi connectivity index (χ1v) is 9.47. The predicted octanol–water partition coefficient (Wildman–Crippen LogP) is 1.70. The lowest BCUT2D eigenvalue weighted by Gasteiger charge is -2.35. The van der Waals surface area contributed by atoms with E-state index >= 15 is 0 Å². The van der Waals surface area contributed by atoms with E-state index in [1.165, 1.54) is 0 Å². The predicted molar refractivity (Wildman–Crippen MR) is 100 cm³/mol. The van der Waals surface area contributed by atoms with Crippen LogP contribution in [0.25, 0.3) is 0 Å². The number of ether oxygens (including phenoxy) is 2. The van der Waals surface area contributed by atoms with E-state index in [0.717, 1.165) is 36.6 Å². The second kappa shape index (κ2) is 8.10. The number of hydrogen-bond donors (Lipinski definition) is 0. The highest BCUT2D eigenvalue weighted by atomic mass is 16.5. The van der Waals surface area contributed by atoms with Crippen LogP contribution in [0, 0.1) is 0 Å². The number of aromatic nitrogens is 2. The van der Waals surface area contributed by atoms with E-state index in [1.54, 1.807) is 7.11 Å². The summed E-state index contributed by atoms with van der Waals surface area (Å²) < 4.78 is 12.9. The maximum atomic E-state index is 12.8. The van der Waals surface area contributed by atoms with Crippen molar-refractivity contribution in [1.82, 2.24) is 19.6 Å². The number of nitrogens with zero attached hydrogens (tertiary/aromatic N) is 4. The van der Waals surface area contributed by atoms with Gasteiger partial charge in [-0.05, 0) is 12.1 Å². The monoisotopic (exact) mass is 370 g/mol. The molecule has 27 heavy (non-hydrogen) atoms. The summed E-state index contributed by atoms with van der Waals surface area (Å²) in [5.74, 6) is 1.08. The Kier molecular flexibility index (Phi) is 5.40.